The summed E-state index contributed by atoms with van der Waals surface area (Å²) in [7, 11) is 0. The van der Waals surface area contributed by atoms with Crippen molar-refractivity contribution in [2.75, 3.05) is 46.2 Å². The number of nitrogens with two attached hydrogens (primary N) is 2. The summed E-state index contributed by atoms with van der Waals surface area (Å²) in [5.74, 6) is 0. The van der Waals surface area contributed by atoms with Crippen LogP contribution in [0.5, 0.6) is 0 Å². The third-order valence-electron chi connectivity index (χ3n) is 3.53. The average molecular weight is 304 g/mol. The summed E-state index contributed by atoms with van der Waals surface area (Å²) in [4.78, 5) is 0. The summed E-state index contributed by atoms with van der Waals surface area (Å²) in [6.07, 6.45) is 3.99. The molecule has 2 unspecified atom stereocenters. The molecule has 0 aromatic heterocycles. The highest BCUT2D eigenvalue weighted by Gasteiger charge is 2.29. The lowest BCUT2D eigenvalue weighted by Gasteiger charge is -2.32. The molecule has 0 rings (SSSR count). The van der Waals surface area contributed by atoms with E-state index in [1.807, 2.05) is 6.92 Å². The third kappa shape index (κ3) is 11.1. The fraction of sp³-hybridized carbons (Fsp3) is 1.00. The van der Waals surface area contributed by atoms with E-state index in [0.29, 0.717) is 33.0 Å². The van der Waals surface area contributed by atoms with Gasteiger partial charge >= 0.3 is 0 Å². The van der Waals surface area contributed by atoms with Crippen LogP contribution in [0.4, 0.5) is 0 Å². The summed E-state index contributed by atoms with van der Waals surface area (Å²) >= 11 is 0. The monoisotopic (exact) mass is 304 g/mol. The lowest BCUT2D eigenvalue weighted by molar-refractivity contribution is -0.0708. The Hall–Kier alpha value is -0.200. The van der Waals surface area contributed by atoms with Crippen molar-refractivity contribution >= 4 is 0 Å². The molecule has 0 aliphatic carbocycles. The maximum absolute atomic E-state index is 5.86. The predicted octanol–water partition coefficient (Wildman–Crippen LogP) is 1.93. The van der Waals surface area contributed by atoms with Crippen molar-refractivity contribution in [1.82, 2.24) is 0 Å². The number of hydrogen-bond acceptors (Lipinski definition) is 5. The topological polar surface area (TPSA) is 79.7 Å². The fourth-order valence-corrected chi connectivity index (χ4v) is 2.03. The Morgan fingerprint density at radius 3 is 2.00 bits per heavy atom. The van der Waals surface area contributed by atoms with Crippen LogP contribution < -0.4 is 11.5 Å². The van der Waals surface area contributed by atoms with Gasteiger partial charge in [-0.1, -0.05) is 13.8 Å². The van der Waals surface area contributed by atoms with Crippen molar-refractivity contribution in [2.24, 2.45) is 16.9 Å². The first-order valence-corrected chi connectivity index (χ1v) is 8.29. The second kappa shape index (κ2) is 13.5. The molecule has 0 fully saturated rings. The summed E-state index contributed by atoms with van der Waals surface area (Å²) in [5.41, 5.74) is 11.2. The van der Waals surface area contributed by atoms with Gasteiger partial charge in [-0.3, -0.25) is 0 Å². The highest BCUT2D eigenvalue weighted by molar-refractivity contribution is 4.77. The average Bonchev–Trinajstić information content (AvgIpc) is 2.46. The molecule has 5 nitrogen and oxygen atoms in total. The van der Waals surface area contributed by atoms with Crippen molar-refractivity contribution < 1.29 is 14.2 Å². The van der Waals surface area contributed by atoms with Gasteiger partial charge in [0.1, 0.15) is 0 Å². The molecule has 21 heavy (non-hydrogen) atoms. The second-order valence-electron chi connectivity index (χ2n) is 5.92. The molecule has 0 bridgehead atoms. The quantitative estimate of drug-likeness (QED) is 0.452. The maximum Gasteiger partial charge on any atom is 0.0589 e. The summed E-state index contributed by atoms with van der Waals surface area (Å²) in [6, 6.07) is 0.241. The maximum atomic E-state index is 5.86. The van der Waals surface area contributed by atoms with Crippen molar-refractivity contribution in [3.63, 3.8) is 0 Å². The van der Waals surface area contributed by atoms with Crippen LogP contribution in [0.15, 0.2) is 0 Å². The Morgan fingerprint density at radius 2 is 1.52 bits per heavy atom. The number of hydrogen-bond donors (Lipinski definition) is 2. The van der Waals surface area contributed by atoms with E-state index in [0.717, 1.165) is 38.9 Å². The highest BCUT2D eigenvalue weighted by Crippen LogP contribution is 2.24. The van der Waals surface area contributed by atoms with Crippen LogP contribution in [0.2, 0.25) is 0 Å². The molecule has 0 aliphatic heterocycles. The molecule has 4 N–H and O–H groups in total. The Balaban J connectivity index is 4.18. The van der Waals surface area contributed by atoms with Crippen molar-refractivity contribution in [3.8, 4) is 0 Å². The molecule has 5 heteroatoms. The Kier molecular flexibility index (Phi) is 13.3. The molecule has 0 heterocycles. The molecule has 0 radical (unpaired) electrons. The van der Waals surface area contributed by atoms with Crippen molar-refractivity contribution in [3.05, 3.63) is 0 Å². The van der Waals surface area contributed by atoms with Gasteiger partial charge < -0.3 is 25.7 Å². The van der Waals surface area contributed by atoms with Gasteiger partial charge in [0.05, 0.1) is 26.4 Å². The van der Waals surface area contributed by atoms with Crippen LogP contribution in [0.3, 0.4) is 0 Å². The van der Waals surface area contributed by atoms with Crippen LogP contribution in [-0.4, -0.2) is 52.2 Å². The van der Waals surface area contributed by atoms with Gasteiger partial charge in [-0.2, -0.15) is 0 Å². The summed E-state index contributed by atoms with van der Waals surface area (Å²) in [6.45, 7) is 10.9. The van der Waals surface area contributed by atoms with Crippen LogP contribution in [0.1, 0.15) is 46.5 Å². The van der Waals surface area contributed by atoms with Crippen molar-refractivity contribution in [2.45, 2.75) is 52.5 Å². The van der Waals surface area contributed by atoms with E-state index >= 15 is 0 Å². The predicted molar refractivity (Wildman–Crippen MR) is 87.4 cm³/mol. The van der Waals surface area contributed by atoms with E-state index in [2.05, 4.69) is 13.8 Å². The minimum Gasteiger partial charge on any atom is -0.381 e. The second-order valence-corrected chi connectivity index (χ2v) is 5.92. The smallest absolute Gasteiger partial charge is 0.0589 e. The highest BCUT2D eigenvalue weighted by atomic mass is 16.5. The van der Waals surface area contributed by atoms with Gasteiger partial charge in [-0.25, -0.2) is 0 Å². The molecule has 0 amide bonds. The first-order valence-electron chi connectivity index (χ1n) is 8.29. The van der Waals surface area contributed by atoms with E-state index in [4.69, 9.17) is 25.7 Å². The van der Waals surface area contributed by atoms with E-state index in [9.17, 15) is 0 Å². The first-order chi connectivity index (χ1) is 10.1. The summed E-state index contributed by atoms with van der Waals surface area (Å²) < 4.78 is 17.3. The van der Waals surface area contributed by atoms with Crippen LogP contribution >= 0.6 is 0 Å². The van der Waals surface area contributed by atoms with Crippen LogP contribution in [-0.2, 0) is 14.2 Å². The van der Waals surface area contributed by atoms with Gasteiger partial charge in [0.25, 0.3) is 0 Å². The zero-order valence-electron chi connectivity index (χ0n) is 14.2. The minimum absolute atomic E-state index is 0.0708. The molecule has 0 spiro atoms. The van der Waals surface area contributed by atoms with Gasteiger partial charge in [0, 0.05) is 31.2 Å². The van der Waals surface area contributed by atoms with Gasteiger partial charge in [-0.05, 0) is 32.6 Å². The van der Waals surface area contributed by atoms with Gasteiger partial charge in [0.15, 0.2) is 0 Å². The molecular weight excluding hydrogens is 268 g/mol. The standard InChI is InChI=1S/C16H36N2O3/c1-4-9-19-12-16(5-2,14-21-11-8-17)13-20-10-6-7-15(3)18/h15H,4-14,17-18H2,1-3H3. The van der Waals surface area contributed by atoms with E-state index in [1.165, 1.54) is 0 Å². The molecule has 0 aromatic rings. The SMILES string of the molecule is CCCOCC(CC)(COCCN)COCCCC(C)N. The molecule has 2 atom stereocenters. The molecule has 0 saturated carbocycles. The minimum atomic E-state index is -0.0708. The van der Waals surface area contributed by atoms with E-state index in [-0.39, 0.29) is 11.5 Å². The Morgan fingerprint density at radius 1 is 0.952 bits per heavy atom. The van der Waals surface area contributed by atoms with E-state index in [1.54, 1.807) is 0 Å². The molecule has 128 valence electrons. The molecular formula is C16H36N2O3. The Bertz CT molecular complexity index is 216. The summed E-state index contributed by atoms with van der Waals surface area (Å²) in [5, 5.41) is 0. The molecule has 0 aromatic carbocycles. The normalized spacial score (nSPS) is 15.9. The van der Waals surface area contributed by atoms with Crippen LogP contribution in [0, 0.1) is 5.41 Å². The van der Waals surface area contributed by atoms with Gasteiger partial charge in [-0.15, -0.1) is 0 Å². The lowest BCUT2D eigenvalue weighted by atomic mass is 9.88. The zero-order chi connectivity index (χ0) is 16.0. The first kappa shape index (κ1) is 20.8. The largest absolute Gasteiger partial charge is 0.381 e. The molecule has 0 saturated heterocycles. The number of rotatable bonds is 15. The van der Waals surface area contributed by atoms with Gasteiger partial charge in [0.2, 0.25) is 0 Å². The lowest BCUT2D eigenvalue weighted by Crippen LogP contribution is -2.37. The van der Waals surface area contributed by atoms with Crippen molar-refractivity contribution in [1.29, 1.82) is 0 Å². The van der Waals surface area contributed by atoms with Crippen LogP contribution in [0.25, 0.3) is 0 Å². The molecule has 0 aliphatic rings. The Labute approximate surface area is 130 Å². The van der Waals surface area contributed by atoms with E-state index < -0.39 is 0 Å². The third-order valence-corrected chi connectivity index (χ3v) is 3.53. The number of ether oxygens (including phenoxy) is 3. The zero-order valence-corrected chi connectivity index (χ0v) is 14.2. The fourth-order valence-electron chi connectivity index (χ4n) is 2.03.